The highest BCUT2D eigenvalue weighted by atomic mass is 16.5. The number of rotatable bonds is 1. The molecule has 0 radical (unpaired) electrons. The Morgan fingerprint density at radius 2 is 2.00 bits per heavy atom. The predicted molar refractivity (Wildman–Crippen MR) is 85.1 cm³/mol. The normalized spacial score (nSPS) is 18.8. The quantitative estimate of drug-likeness (QED) is 0.458. The van der Waals surface area contributed by atoms with Gasteiger partial charge in [-0.25, -0.2) is 0 Å². The highest BCUT2D eigenvalue weighted by Gasteiger charge is 2.39. The van der Waals surface area contributed by atoms with Gasteiger partial charge in [-0.3, -0.25) is 14.3 Å². The van der Waals surface area contributed by atoms with Crippen LogP contribution in [0.15, 0.2) is 35.7 Å². The lowest BCUT2D eigenvalue weighted by Gasteiger charge is -2.26. The first kappa shape index (κ1) is 14.7. The number of benzene rings is 1. The third-order valence-electron chi connectivity index (χ3n) is 4.42. The van der Waals surface area contributed by atoms with E-state index in [1.165, 1.54) is 0 Å². The molecule has 2 aliphatic rings. The topological polar surface area (TPSA) is 70.4 Å². The Hall–Kier alpha value is -2.89. The molecule has 6 nitrogen and oxygen atoms in total. The number of esters is 1. The summed E-state index contributed by atoms with van der Waals surface area (Å²) in [6.45, 7) is 3.67. The van der Waals surface area contributed by atoms with Crippen molar-refractivity contribution >= 4 is 11.8 Å². The predicted octanol–water partition coefficient (Wildman–Crippen LogP) is 2.73. The van der Waals surface area contributed by atoms with Crippen LogP contribution in [0.4, 0.5) is 0 Å². The summed E-state index contributed by atoms with van der Waals surface area (Å²) in [5, 5.41) is 4.19. The van der Waals surface area contributed by atoms with Crippen LogP contribution in [-0.2, 0) is 11.8 Å². The number of allylic oxidation sites excluding steroid dienone is 2. The zero-order valence-corrected chi connectivity index (χ0v) is 13.6. The van der Waals surface area contributed by atoms with Crippen molar-refractivity contribution in [2.45, 2.75) is 26.2 Å². The summed E-state index contributed by atoms with van der Waals surface area (Å²) in [5.74, 6) is 0.590. The summed E-state index contributed by atoms with van der Waals surface area (Å²) in [6, 6.07) is 5.19. The van der Waals surface area contributed by atoms with E-state index in [1.54, 1.807) is 23.0 Å². The Bertz CT molecular complexity index is 919. The molecule has 0 unspecified atom stereocenters. The summed E-state index contributed by atoms with van der Waals surface area (Å²) in [6.07, 6.45) is 1.87. The van der Waals surface area contributed by atoms with E-state index in [-0.39, 0.29) is 24.1 Å². The number of Topliss-reactive ketones (excluding diaryl/α,β-unsaturated/α-hetero) is 1. The maximum absolute atomic E-state index is 12.5. The summed E-state index contributed by atoms with van der Waals surface area (Å²) >= 11 is 0. The summed E-state index contributed by atoms with van der Waals surface area (Å²) < 4.78 is 13.0. The van der Waals surface area contributed by atoms with E-state index < -0.39 is 0 Å². The van der Waals surface area contributed by atoms with E-state index in [0.717, 1.165) is 16.8 Å². The Balaban J connectivity index is 1.95. The molecule has 0 amide bonds. The molecule has 6 heteroatoms. The third-order valence-corrected chi connectivity index (χ3v) is 4.42. The fraction of sp³-hybridized carbons (Fsp3) is 0.278. The SMILES string of the molecule is CC(C)=C1Oc2c(ccc3c2[C@@H](c2ccnn2C)CC(=O)O3)C1=O. The minimum absolute atomic E-state index is 0.131. The second kappa shape index (κ2) is 5.06. The molecule has 24 heavy (non-hydrogen) atoms. The number of aryl methyl sites for hydroxylation is 1. The molecule has 4 rings (SSSR count). The number of aromatic nitrogens is 2. The molecule has 1 aromatic carbocycles. The number of carbonyl (C=O) groups is 2. The first-order valence-corrected chi connectivity index (χ1v) is 7.73. The molecular weight excluding hydrogens is 308 g/mol. The maximum Gasteiger partial charge on any atom is 0.312 e. The molecular formula is C18H16N2O4. The van der Waals surface area contributed by atoms with Gasteiger partial charge in [0, 0.05) is 30.4 Å². The van der Waals surface area contributed by atoms with Gasteiger partial charge in [0.1, 0.15) is 11.5 Å². The number of ketones is 1. The van der Waals surface area contributed by atoms with Crippen LogP contribution >= 0.6 is 0 Å². The fourth-order valence-corrected chi connectivity index (χ4v) is 3.30. The Kier molecular flexibility index (Phi) is 3.09. The molecule has 0 N–H and O–H groups in total. The van der Waals surface area contributed by atoms with Crippen LogP contribution in [0.5, 0.6) is 11.5 Å². The summed E-state index contributed by atoms with van der Waals surface area (Å²) in [4.78, 5) is 24.6. The van der Waals surface area contributed by atoms with Crippen LogP contribution in [0, 0.1) is 0 Å². The molecule has 0 bridgehead atoms. The van der Waals surface area contributed by atoms with Crippen molar-refractivity contribution in [1.29, 1.82) is 0 Å². The van der Waals surface area contributed by atoms with Gasteiger partial charge in [0.25, 0.3) is 0 Å². The lowest BCUT2D eigenvalue weighted by molar-refractivity contribution is -0.135. The number of nitrogens with zero attached hydrogens (tertiary/aromatic N) is 2. The van der Waals surface area contributed by atoms with Gasteiger partial charge in [-0.05, 0) is 37.6 Å². The van der Waals surface area contributed by atoms with E-state index in [9.17, 15) is 9.59 Å². The minimum Gasteiger partial charge on any atom is -0.452 e. The highest BCUT2D eigenvalue weighted by Crippen LogP contribution is 2.48. The van der Waals surface area contributed by atoms with E-state index in [0.29, 0.717) is 22.8 Å². The van der Waals surface area contributed by atoms with Crippen molar-refractivity contribution in [3.05, 3.63) is 52.5 Å². The minimum atomic E-state index is -0.305. The van der Waals surface area contributed by atoms with Crippen molar-refractivity contribution < 1.29 is 19.1 Å². The molecule has 2 aromatic rings. The van der Waals surface area contributed by atoms with Crippen molar-refractivity contribution in [1.82, 2.24) is 9.78 Å². The smallest absolute Gasteiger partial charge is 0.312 e. The van der Waals surface area contributed by atoms with Crippen molar-refractivity contribution in [2.75, 3.05) is 0 Å². The fourth-order valence-electron chi connectivity index (χ4n) is 3.30. The van der Waals surface area contributed by atoms with Crippen LogP contribution in [0.2, 0.25) is 0 Å². The van der Waals surface area contributed by atoms with Gasteiger partial charge in [0.05, 0.1) is 12.0 Å². The van der Waals surface area contributed by atoms with E-state index in [4.69, 9.17) is 9.47 Å². The first-order chi connectivity index (χ1) is 11.5. The molecule has 0 spiro atoms. The lowest BCUT2D eigenvalue weighted by Crippen LogP contribution is -2.23. The molecule has 0 aliphatic carbocycles. The van der Waals surface area contributed by atoms with Crippen LogP contribution < -0.4 is 9.47 Å². The Morgan fingerprint density at radius 3 is 2.67 bits per heavy atom. The molecule has 1 aromatic heterocycles. The number of hydrogen-bond acceptors (Lipinski definition) is 5. The number of fused-ring (bicyclic) bond motifs is 3. The Labute approximate surface area is 138 Å². The molecule has 0 fully saturated rings. The number of ether oxygens (including phenoxy) is 2. The van der Waals surface area contributed by atoms with E-state index in [1.807, 2.05) is 27.0 Å². The van der Waals surface area contributed by atoms with Crippen LogP contribution in [0.25, 0.3) is 0 Å². The van der Waals surface area contributed by atoms with E-state index >= 15 is 0 Å². The lowest BCUT2D eigenvalue weighted by atomic mass is 9.87. The van der Waals surface area contributed by atoms with E-state index in [2.05, 4.69) is 5.10 Å². The molecule has 0 saturated carbocycles. The van der Waals surface area contributed by atoms with Crippen molar-refractivity contribution in [3.63, 3.8) is 0 Å². The van der Waals surface area contributed by atoms with Gasteiger partial charge in [-0.1, -0.05) is 0 Å². The molecule has 3 heterocycles. The molecule has 1 atom stereocenters. The third kappa shape index (κ3) is 1.99. The van der Waals surface area contributed by atoms with Gasteiger partial charge in [-0.15, -0.1) is 0 Å². The molecule has 2 aliphatic heterocycles. The number of carbonyl (C=O) groups excluding carboxylic acids is 2. The van der Waals surface area contributed by atoms with Crippen molar-refractivity contribution in [2.24, 2.45) is 7.05 Å². The summed E-state index contributed by atoms with van der Waals surface area (Å²) in [5.41, 5.74) is 2.94. The van der Waals surface area contributed by atoms with Crippen molar-refractivity contribution in [3.8, 4) is 11.5 Å². The monoisotopic (exact) mass is 324 g/mol. The van der Waals surface area contributed by atoms with Gasteiger partial charge in [0.2, 0.25) is 5.78 Å². The van der Waals surface area contributed by atoms with Crippen LogP contribution in [0.3, 0.4) is 0 Å². The second-order valence-electron chi connectivity index (χ2n) is 6.22. The first-order valence-electron chi connectivity index (χ1n) is 7.73. The largest absolute Gasteiger partial charge is 0.452 e. The van der Waals surface area contributed by atoms with Gasteiger partial charge in [0.15, 0.2) is 5.76 Å². The number of hydrogen-bond donors (Lipinski definition) is 0. The van der Waals surface area contributed by atoms with Gasteiger partial charge >= 0.3 is 5.97 Å². The molecule has 0 saturated heterocycles. The Morgan fingerprint density at radius 1 is 1.21 bits per heavy atom. The maximum atomic E-state index is 12.5. The second-order valence-corrected chi connectivity index (χ2v) is 6.22. The average molecular weight is 324 g/mol. The summed E-state index contributed by atoms with van der Waals surface area (Å²) in [7, 11) is 1.83. The average Bonchev–Trinajstić information content (AvgIpc) is 3.10. The zero-order valence-electron chi connectivity index (χ0n) is 13.6. The van der Waals surface area contributed by atoms with Crippen LogP contribution in [0.1, 0.15) is 47.8 Å². The van der Waals surface area contributed by atoms with Gasteiger partial charge in [-0.2, -0.15) is 5.10 Å². The zero-order chi connectivity index (χ0) is 17.0. The molecule has 122 valence electrons. The highest BCUT2D eigenvalue weighted by molar-refractivity contribution is 6.13. The standard InChI is InChI=1S/C18H16N2O4/c1-9(2)17-16(22)10-4-5-13-15(18(10)24-17)11(8-14(21)23-13)12-6-7-19-20(12)3/h4-7,11H,8H2,1-3H3/t11-/m1/s1. The van der Waals surface area contributed by atoms with Crippen LogP contribution in [-0.4, -0.2) is 21.5 Å². The van der Waals surface area contributed by atoms with Gasteiger partial charge < -0.3 is 9.47 Å².